The van der Waals surface area contributed by atoms with Gasteiger partial charge in [0.1, 0.15) is 6.17 Å². The number of fused-ring (bicyclic) bond motifs is 1. The molecule has 1 aromatic carbocycles. The lowest BCUT2D eigenvalue weighted by atomic mass is 10.1. The smallest absolute Gasteiger partial charge is 0.157 e. The van der Waals surface area contributed by atoms with Crippen LogP contribution in [0.2, 0.25) is 0 Å². The van der Waals surface area contributed by atoms with Crippen molar-refractivity contribution in [1.29, 1.82) is 0 Å². The van der Waals surface area contributed by atoms with Crippen LogP contribution in [0.25, 0.3) is 0 Å². The Hall–Kier alpha value is -1.35. The second-order valence-electron chi connectivity index (χ2n) is 4.03. The van der Waals surface area contributed by atoms with Crippen molar-refractivity contribution in [1.82, 2.24) is 4.90 Å². The van der Waals surface area contributed by atoms with Gasteiger partial charge in [-0.25, -0.2) is 0 Å². The summed E-state index contributed by atoms with van der Waals surface area (Å²) in [6.45, 7) is 6.81. The Morgan fingerprint density at radius 2 is 2.06 bits per heavy atom. The second-order valence-corrected chi connectivity index (χ2v) is 4.03. The van der Waals surface area contributed by atoms with Gasteiger partial charge in [0, 0.05) is 18.8 Å². The van der Waals surface area contributed by atoms with E-state index in [2.05, 4.69) is 41.8 Å². The fraction of sp³-hybridized carbons (Fsp3) is 0.462. The summed E-state index contributed by atoms with van der Waals surface area (Å²) in [6, 6.07) is 8.33. The monoisotopic (exact) mass is 218 g/mol. The van der Waals surface area contributed by atoms with Crippen molar-refractivity contribution in [3.63, 3.8) is 0 Å². The highest BCUT2D eigenvalue weighted by molar-refractivity contribution is 5.69. The molecule has 3 heteroatoms. The topological polar surface area (TPSA) is 23.6 Å². The van der Waals surface area contributed by atoms with E-state index in [1.807, 2.05) is 6.07 Å². The summed E-state index contributed by atoms with van der Waals surface area (Å²) >= 11 is 0. The molecule has 1 aromatic rings. The van der Waals surface area contributed by atoms with Crippen LogP contribution < -0.4 is 4.90 Å². The first-order valence-electron chi connectivity index (χ1n) is 5.85. The zero-order chi connectivity index (χ0) is 11.5. The molecule has 0 fully saturated rings. The minimum Gasteiger partial charge on any atom is -0.350 e. The fourth-order valence-electron chi connectivity index (χ4n) is 2.39. The molecule has 0 saturated carbocycles. The van der Waals surface area contributed by atoms with Crippen LogP contribution in [-0.4, -0.2) is 30.4 Å². The lowest BCUT2D eigenvalue weighted by Gasteiger charge is -2.42. The number of anilines is 1. The first-order chi connectivity index (χ1) is 7.81. The average molecular weight is 218 g/mol. The van der Waals surface area contributed by atoms with E-state index in [4.69, 9.17) is 0 Å². The van der Waals surface area contributed by atoms with Crippen LogP contribution in [0.15, 0.2) is 24.3 Å². The zero-order valence-corrected chi connectivity index (χ0v) is 9.89. The van der Waals surface area contributed by atoms with Gasteiger partial charge in [-0.3, -0.25) is 9.69 Å². The number of aldehydes is 1. The third-order valence-corrected chi connectivity index (χ3v) is 3.24. The minimum absolute atomic E-state index is 0.107. The van der Waals surface area contributed by atoms with Crippen LogP contribution in [0.1, 0.15) is 19.4 Å². The van der Waals surface area contributed by atoms with E-state index in [0.29, 0.717) is 0 Å². The molecule has 0 radical (unpaired) electrons. The van der Waals surface area contributed by atoms with E-state index in [1.54, 1.807) is 0 Å². The molecule has 2 rings (SSSR count). The van der Waals surface area contributed by atoms with Crippen LogP contribution in [0.5, 0.6) is 0 Å². The fourth-order valence-corrected chi connectivity index (χ4v) is 2.39. The van der Waals surface area contributed by atoms with Crippen molar-refractivity contribution in [2.24, 2.45) is 0 Å². The maximum absolute atomic E-state index is 11.2. The van der Waals surface area contributed by atoms with Crippen LogP contribution >= 0.6 is 0 Å². The van der Waals surface area contributed by atoms with Crippen molar-refractivity contribution >= 4 is 12.0 Å². The molecule has 0 amide bonds. The average Bonchev–Trinajstić information content (AvgIpc) is 2.36. The summed E-state index contributed by atoms with van der Waals surface area (Å²) in [5.74, 6) is 0. The normalized spacial score (nSPS) is 20.6. The lowest BCUT2D eigenvalue weighted by molar-refractivity contribution is -0.112. The SMILES string of the molecule is CCN1Cc2ccccc2N(CC)C1C=O. The first-order valence-corrected chi connectivity index (χ1v) is 5.85. The summed E-state index contributed by atoms with van der Waals surface area (Å²) in [4.78, 5) is 15.6. The molecule has 1 unspecified atom stereocenters. The van der Waals surface area contributed by atoms with Gasteiger partial charge in [-0.1, -0.05) is 25.1 Å². The van der Waals surface area contributed by atoms with Crippen molar-refractivity contribution in [2.75, 3.05) is 18.0 Å². The third-order valence-electron chi connectivity index (χ3n) is 3.24. The molecule has 16 heavy (non-hydrogen) atoms. The predicted octanol–water partition coefficient (Wildman–Crippen LogP) is 1.87. The highest BCUT2D eigenvalue weighted by Crippen LogP contribution is 2.29. The molecule has 0 N–H and O–H groups in total. The van der Waals surface area contributed by atoms with Crippen molar-refractivity contribution in [3.8, 4) is 0 Å². The minimum atomic E-state index is -0.107. The Labute approximate surface area is 96.7 Å². The molecule has 0 bridgehead atoms. The number of rotatable bonds is 3. The number of benzene rings is 1. The summed E-state index contributed by atoms with van der Waals surface area (Å²) in [7, 11) is 0. The summed E-state index contributed by atoms with van der Waals surface area (Å²) in [6.07, 6.45) is 0.938. The molecule has 0 aliphatic carbocycles. The Morgan fingerprint density at radius 1 is 1.31 bits per heavy atom. The molecule has 0 aromatic heterocycles. The van der Waals surface area contributed by atoms with Gasteiger partial charge in [-0.2, -0.15) is 0 Å². The summed E-state index contributed by atoms with van der Waals surface area (Å²) in [5.41, 5.74) is 2.51. The predicted molar refractivity (Wildman–Crippen MR) is 65.4 cm³/mol. The zero-order valence-electron chi connectivity index (χ0n) is 9.89. The van der Waals surface area contributed by atoms with Gasteiger partial charge in [0.15, 0.2) is 6.29 Å². The van der Waals surface area contributed by atoms with Crippen LogP contribution in [0.3, 0.4) is 0 Å². The van der Waals surface area contributed by atoms with Gasteiger partial charge in [0.2, 0.25) is 0 Å². The molecule has 1 aliphatic rings. The highest BCUT2D eigenvalue weighted by Gasteiger charge is 2.29. The summed E-state index contributed by atoms with van der Waals surface area (Å²) in [5, 5.41) is 0. The van der Waals surface area contributed by atoms with E-state index >= 15 is 0 Å². The van der Waals surface area contributed by atoms with E-state index in [-0.39, 0.29) is 6.17 Å². The Kier molecular flexibility index (Phi) is 3.25. The number of para-hydroxylation sites is 1. The van der Waals surface area contributed by atoms with Gasteiger partial charge in [-0.15, -0.1) is 0 Å². The Balaban J connectivity index is 2.42. The molecule has 0 saturated heterocycles. The quantitative estimate of drug-likeness (QED) is 0.724. The third kappa shape index (κ3) is 1.71. The van der Waals surface area contributed by atoms with Crippen molar-refractivity contribution in [2.45, 2.75) is 26.6 Å². The Morgan fingerprint density at radius 3 is 2.69 bits per heavy atom. The molecule has 86 valence electrons. The first kappa shape index (κ1) is 11.1. The summed E-state index contributed by atoms with van der Waals surface area (Å²) < 4.78 is 0. The maximum atomic E-state index is 11.2. The van der Waals surface area contributed by atoms with E-state index in [1.165, 1.54) is 11.3 Å². The van der Waals surface area contributed by atoms with Crippen LogP contribution in [-0.2, 0) is 11.3 Å². The number of nitrogens with zero attached hydrogens (tertiary/aromatic N) is 2. The van der Waals surface area contributed by atoms with Gasteiger partial charge in [0.05, 0.1) is 0 Å². The molecular weight excluding hydrogens is 200 g/mol. The van der Waals surface area contributed by atoms with E-state index in [9.17, 15) is 4.79 Å². The highest BCUT2D eigenvalue weighted by atomic mass is 16.1. The van der Waals surface area contributed by atoms with Crippen LogP contribution in [0, 0.1) is 0 Å². The molecule has 1 aliphatic heterocycles. The van der Waals surface area contributed by atoms with Gasteiger partial charge in [-0.05, 0) is 25.1 Å². The number of carbonyl (C=O) groups excluding carboxylic acids is 1. The lowest BCUT2D eigenvalue weighted by Crippen LogP contribution is -2.52. The molecule has 3 nitrogen and oxygen atoms in total. The molecule has 1 atom stereocenters. The Bertz CT molecular complexity index is 378. The number of likely N-dealkylation sites (N-methyl/N-ethyl adjacent to an activating group) is 2. The van der Waals surface area contributed by atoms with Crippen molar-refractivity contribution < 1.29 is 4.79 Å². The van der Waals surface area contributed by atoms with E-state index < -0.39 is 0 Å². The maximum Gasteiger partial charge on any atom is 0.157 e. The standard InChI is InChI=1S/C13H18N2O/c1-3-14-9-11-7-5-6-8-12(11)15(4-2)13(14)10-16/h5-8,10,13H,3-4,9H2,1-2H3. The van der Waals surface area contributed by atoms with E-state index in [0.717, 1.165) is 25.9 Å². The largest absolute Gasteiger partial charge is 0.350 e. The van der Waals surface area contributed by atoms with Gasteiger partial charge >= 0.3 is 0 Å². The second kappa shape index (κ2) is 4.66. The molecule has 0 spiro atoms. The number of hydrogen-bond donors (Lipinski definition) is 0. The molecular formula is C13H18N2O. The molecule has 1 heterocycles. The number of carbonyl (C=O) groups is 1. The van der Waals surface area contributed by atoms with Crippen molar-refractivity contribution in [3.05, 3.63) is 29.8 Å². The number of hydrogen-bond acceptors (Lipinski definition) is 3. The van der Waals surface area contributed by atoms with Gasteiger partial charge < -0.3 is 4.90 Å². The van der Waals surface area contributed by atoms with Gasteiger partial charge in [0.25, 0.3) is 0 Å². The van der Waals surface area contributed by atoms with Crippen LogP contribution in [0.4, 0.5) is 5.69 Å².